The summed E-state index contributed by atoms with van der Waals surface area (Å²) in [6.45, 7) is 0. The Morgan fingerprint density at radius 3 is 1.64 bits per heavy atom. The normalized spacial score (nSPS) is 17.2. The first kappa shape index (κ1) is 11.9. The minimum atomic E-state index is -1.87. The molecule has 0 saturated heterocycles. The molecule has 0 amide bonds. The van der Waals surface area contributed by atoms with Gasteiger partial charge in [0.15, 0.2) is 0 Å². The fourth-order valence-electron chi connectivity index (χ4n) is 0.505. The van der Waals surface area contributed by atoms with Gasteiger partial charge in [0.25, 0.3) is 0 Å². The van der Waals surface area contributed by atoms with Crippen molar-refractivity contribution in [1.82, 2.24) is 0 Å². The molecule has 0 aliphatic heterocycles. The van der Waals surface area contributed by atoms with Crippen LogP contribution in [0.25, 0.3) is 0 Å². The van der Waals surface area contributed by atoms with Crippen molar-refractivity contribution in [2.24, 2.45) is 0 Å². The molecule has 0 aromatic rings. The summed E-state index contributed by atoms with van der Waals surface area (Å²) in [4.78, 5) is 0. The van der Waals surface area contributed by atoms with Crippen LogP contribution in [0, 0.1) is 0 Å². The van der Waals surface area contributed by atoms with E-state index in [0.29, 0.717) is 31.5 Å². The van der Waals surface area contributed by atoms with Crippen molar-refractivity contribution in [2.75, 3.05) is 7.11 Å². The SMILES string of the molecule is CO[SiH](O[SiH3])O[SiH](O[SiH3])O[SiH3]. The molecule has 0 heterocycles. The lowest BCUT2D eigenvalue weighted by Crippen LogP contribution is -2.36. The molecule has 0 saturated carbocycles. The van der Waals surface area contributed by atoms with Crippen LogP contribution in [-0.4, -0.2) is 57.6 Å². The molecule has 0 rings (SSSR count). The second kappa shape index (κ2) is 7.53. The zero-order chi connectivity index (χ0) is 8.69. The van der Waals surface area contributed by atoms with E-state index in [4.69, 9.17) is 20.9 Å². The molecule has 5 nitrogen and oxygen atoms in total. The third-order valence-electron chi connectivity index (χ3n) is 0.992. The summed E-state index contributed by atoms with van der Waals surface area (Å²) in [6, 6.07) is 0. The molecular formula is CH14O5Si5. The molecule has 1 unspecified atom stereocenters. The first-order valence-corrected chi connectivity index (χ1v) is 8.33. The zero-order valence-corrected chi connectivity index (χ0v) is 15.5. The average Bonchev–Trinajstić information content (AvgIpc) is 2.07. The standard InChI is InChI=1S/CH14O5Si5/c1-2-10(3-7)6-11(4-8)5-9/h10-11H,1,7-9H3. The molecule has 0 N–H and O–H groups in total. The molecule has 1 atom stereocenters. The first-order chi connectivity index (χ1) is 5.28. The van der Waals surface area contributed by atoms with E-state index in [0.717, 1.165) is 0 Å². The van der Waals surface area contributed by atoms with Gasteiger partial charge in [0.2, 0.25) is 0 Å². The minimum absolute atomic E-state index is 0.638. The highest BCUT2D eigenvalue weighted by Gasteiger charge is 2.19. The van der Waals surface area contributed by atoms with Crippen molar-refractivity contribution >= 4 is 50.5 Å². The molecule has 0 aromatic carbocycles. The maximum Gasteiger partial charge on any atom is 0.465 e. The molecule has 0 radical (unpaired) electrons. The van der Waals surface area contributed by atoms with Gasteiger partial charge in [0.1, 0.15) is 31.5 Å². The maximum atomic E-state index is 5.34. The predicted octanol–water partition coefficient (Wildman–Crippen LogP) is -5.03. The van der Waals surface area contributed by atoms with Crippen molar-refractivity contribution in [1.29, 1.82) is 0 Å². The summed E-state index contributed by atoms with van der Waals surface area (Å²) in [5, 5.41) is 0. The minimum Gasteiger partial charge on any atom is -0.428 e. The Kier molecular flexibility index (Phi) is 8.13. The van der Waals surface area contributed by atoms with E-state index in [-0.39, 0.29) is 0 Å². The fraction of sp³-hybridized carbons (Fsp3) is 1.00. The molecule has 0 aromatic heterocycles. The van der Waals surface area contributed by atoms with E-state index < -0.39 is 19.1 Å². The second-order valence-electron chi connectivity index (χ2n) is 1.66. The zero-order valence-electron chi connectivity index (χ0n) is 7.20. The lowest BCUT2D eigenvalue weighted by Gasteiger charge is -2.17. The molecule has 10 heteroatoms. The van der Waals surface area contributed by atoms with Crippen LogP contribution in [0.5, 0.6) is 0 Å². The molecule has 0 fully saturated rings. The summed E-state index contributed by atoms with van der Waals surface area (Å²) in [6.07, 6.45) is 0. The Balaban J connectivity index is 3.58. The highest BCUT2D eigenvalue weighted by Crippen LogP contribution is 1.93. The Hall–Kier alpha value is 0.884. The van der Waals surface area contributed by atoms with Crippen LogP contribution in [0.15, 0.2) is 0 Å². The monoisotopic (exact) mass is 246 g/mol. The van der Waals surface area contributed by atoms with Crippen molar-refractivity contribution in [3.05, 3.63) is 0 Å². The predicted molar refractivity (Wildman–Crippen MR) is 55.5 cm³/mol. The van der Waals surface area contributed by atoms with Gasteiger partial charge in [-0.05, 0) is 0 Å². The topological polar surface area (TPSA) is 46.2 Å². The summed E-state index contributed by atoms with van der Waals surface area (Å²) in [5.41, 5.74) is 0. The van der Waals surface area contributed by atoms with Gasteiger partial charge >= 0.3 is 19.1 Å². The van der Waals surface area contributed by atoms with Crippen LogP contribution in [-0.2, 0) is 20.9 Å². The Labute approximate surface area is 78.9 Å². The lowest BCUT2D eigenvalue weighted by atomic mass is 11.8. The fourth-order valence-corrected chi connectivity index (χ4v) is 9.28. The van der Waals surface area contributed by atoms with E-state index in [9.17, 15) is 0 Å². The third-order valence-corrected chi connectivity index (χ3v) is 7.77. The second-order valence-corrected chi connectivity index (χ2v) is 10.0. The van der Waals surface area contributed by atoms with Gasteiger partial charge in [0, 0.05) is 7.11 Å². The summed E-state index contributed by atoms with van der Waals surface area (Å²) >= 11 is 0. The van der Waals surface area contributed by atoms with E-state index in [2.05, 4.69) is 0 Å². The highest BCUT2D eigenvalue weighted by molar-refractivity contribution is 6.57. The molecular weight excluding hydrogens is 232 g/mol. The third kappa shape index (κ3) is 5.18. The smallest absolute Gasteiger partial charge is 0.428 e. The number of hydrogen-bond acceptors (Lipinski definition) is 5. The van der Waals surface area contributed by atoms with Gasteiger partial charge in [-0.25, -0.2) is 0 Å². The Morgan fingerprint density at radius 1 is 0.909 bits per heavy atom. The number of hydrogen-bond donors (Lipinski definition) is 0. The van der Waals surface area contributed by atoms with Crippen LogP contribution < -0.4 is 0 Å². The van der Waals surface area contributed by atoms with Gasteiger partial charge in [0.05, 0.1) is 0 Å². The van der Waals surface area contributed by atoms with E-state index in [1.165, 1.54) is 0 Å². The van der Waals surface area contributed by atoms with Crippen molar-refractivity contribution in [3.63, 3.8) is 0 Å². The lowest BCUT2D eigenvalue weighted by molar-refractivity contribution is 0.214. The summed E-state index contributed by atoms with van der Waals surface area (Å²) in [5.74, 6) is 0. The molecule has 0 aliphatic rings. The molecule has 0 spiro atoms. The van der Waals surface area contributed by atoms with Crippen LogP contribution in [0.3, 0.4) is 0 Å². The van der Waals surface area contributed by atoms with Gasteiger partial charge in [-0.3, -0.25) is 0 Å². The number of rotatable bonds is 6. The maximum absolute atomic E-state index is 5.34. The molecule has 68 valence electrons. The highest BCUT2D eigenvalue weighted by atomic mass is 28.4. The van der Waals surface area contributed by atoms with Crippen LogP contribution in [0.1, 0.15) is 0 Å². The molecule has 0 bridgehead atoms. The van der Waals surface area contributed by atoms with Crippen molar-refractivity contribution in [3.8, 4) is 0 Å². The summed E-state index contributed by atoms with van der Waals surface area (Å²) < 4.78 is 25.6. The van der Waals surface area contributed by atoms with Crippen molar-refractivity contribution < 1.29 is 20.9 Å². The largest absolute Gasteiger partial charge is 0.465 e. The quantitative estimate of drug-likeness (QED) is 0.439. The van der Waals surface area contributed by atoms with Gasteiger partial charge in [-0.15, -0.1) is 0 Å². The molecule has 0 aliphatic carbocycles. The van der Waals surface area contributed by atoms with Crippen molar-refractivity contribution in [2.45, 2.75) is 0 Å². The average molecular weight is 247 g/mol. The van der Waals surface area contributed by atoms with Gasteiger partial charge in [-0.1, -0.05) is 0 Å². The van der Waals surface area contributed by atoms with Crippen LogP contribution in [0.2, 0.25) is 0 Å². The Morgan fingerprint density at radius 2 is 1.36 bits per heavy atom. The van der Waals surface area contributed by atoms with Crippen LogP contribution in [0.4, 0.5) is 0 Å². The van der Waals surface area contributed by atoms with Gasteiger partial charge in [-0.2, -0.15) is 0 Å². The molecule has 11 heavy (non-hydrogen) atoms. The van der Waals surface area contributed by atoms with E-state index in [1.807, 2.05) is 0 Å². The Bertz CT molecular complexity index is 72.9. The summed E-state index contributed by atoms with van der Waals surface area (Å²) in [7, 11) is -0.176. The van der Waals surface area contributed by atoms with E-state index >= 15 is 0 Å². The first-order valence-electron chi connectivity index (χ1n) is 3.05. The van der Waals surface area contributed by atoms with Crippen LogP contribution >= 0.6 is 0 Å². The van der Waals surface area contributed by atoms with Gasteiger partial charge < -0.3 is 20.9 Å². The van der Waals surface area contributed by atoms with E-state index in [1.54, 1.807) is 7.11 Å².